The van der Waals surface area contributed by atoms with Crippen molar-refractivity contribution >= 4 is 5.97 Å². The van der Waals surface area contributed by atoms with Gasteiger partial charge in [-0.3, -0.25) is 0 Å². The van der Waals surface area contributed by atoms with Gasteiger partial charge in [0.1, 0.15) is 29.7 Å². The SMILES string of the molecule is C=C(C)COc1ccc(-c2ccc(OC(=O)C(=C)C)cc2F)c(F)c1. The van der Waals surface area contributed by atoms with Crippen molar-refractivity contribution in [2.24, 2.45) is 0 Å². The van der Waals surface area contributed by atoms with E-state index in [4.69, 9.17) is 9.47 Å². The van der Waals surface area contributed by atoms with E-state index in [2.05, 4.69) is 13.2 Å². The molecule has 0 aliphatic carbocycles. The smallest absolute Gasteiger partial charge is 0.338 e. The molecule has 0 atom stereocenters. The van der Waals surface area contributed by atoms with E-state index in [1.807, 2.05) is 0 Å². The number of esters is 1. The van der Waals surface area contributed by atoms with Crippen LogP contribution in [0.4, 0.5) is 8.78 Å². The van der Waals surface area contributed by atoms with E-state index in [1.54, 1.807) is 13.0 Å². The number of benzene rings is 2. The summed E-state index contributed by atoms with van der Waals surface area (Å²) in [6.07, 6.45) is 0. The monoisotopic (exact) mass is 344 g/mol. The molecule has 0 spiro atoms. The molecular formula is C20H18F2O3. The van der Waals surface area contributed by atoms with Crippen molar-refractivity contribution in [3.05, 3.63) is 72.3 Å². The minimum Gasteiger partial charge on any atom is -0.489 e. The summed E-state index contributed by atoms with van der Waals surface area (Å²) in [4.78, 5) is 11.5. The molecule has 0 aliphatic rings. The molecule has 0 saturated carbocycles. The Morgan fingerprint density at radius 3 is 1.96 bits per heavy atom. The molecule has 0 heterocycles. The molecule has 2 aromatic rings. The highest BCUT2D eigenvalue weighted by atomic mass is 19.1. The van der Waals surface area contributed by atoms with E-state index in [0.717, 1.165) is 11.6 Å². The Morgan fingerprint density at radius 1 is 0.960 bits per heavy atom. The molecule has 130 valence electrons. The van der Waals surface area contributed by atoms with Crippen molar-refractivity contribution in [3.8, 4) is 22.6 Å². The Bertz CT molecular complexity index is 841. The maximum absolute atomic E-state index is 14.3. The second-order valence-corrected chi connectivity index (χ2v) is 5.70. The number of carbonyl (C=O) groups is 1. The van der Waals surface area contributed by atoms with Gasteiger partial charge in [0, 0.05) is 28.8 Å². The van der Waals surface area contributed by atoms with Crippen LogP contribution in [0.5, 0.6) is 11.5 Å². The maximum atomic E-state index is 14.3. The quantitative estimate of drug-likeness (QED) is 0.318. The Hall–Kier alpha value is -2.95. The zero-order valence-corrected chi connectivity index (χ0v) is 14.1. The lowest BCUT2D eigenvalue weighted by Gasteiger charge is -2.10. The van der Waals surface area contributed by atoms with Gasteiger partial charge in [-0.25, -0.2) is 13.6 Å². The summed E-state index contributed by atoms with van der Waals surface area (Å²) >= 11 is 0. The van der Waals surface area contributed by atoms with Gasteiger partial charge in [-0.05, 0) is 43.7 Å². The molecule has 5 heteroatoms. The fourth-order valence-electron chi connectivity index (χ4n) is 1.98. The average molecular weight is 344 g/mol. The van der Waals surface area contributed by atoms with Crippen LogP contribution in [-0.4, -0.2) is 12.6 Å². The molecule has 0 unspecified atom stereocenters. The summed E-state index contributed by atoms with van der Waals surface area (Å²) in [5.41, 5.74) is 1.13. The van der Waals surface area contributed by atoms with Crippen LogP contribution in [0.2, 0.25) is 0 Å². The van der Waals surface area contributed by atoms with Gasteiger partial charge in [-0.2, -0.15) is 0 Å². The second kappa shape index (κ2) is 7.75. The van der Waals surface area contributed by atoms with Gasteiger partial charge in [-0.1, -0.05) is 13.2 Å². The van der Waals surface area contributed by atoms with E-state index in [-0.39, 0.29) is 29.1 Å². The molecule has 25 heavy (non-hydrogen) atoms. The van der Waals surface area contributed by atoms with Crippen LogP contribution in [0.15, 0.2) is 60.7 Å². The molecule has 0 N–H and O–H groups in total. The third-order valence-electron chi connectivity index (χ3n) is 3.22. The highest BCUT2D eigenvalue weighted by Gasteiger charge is 2.14. The van der Waals surface area contributed by atoms with Crippen molar-refractivity contribution in [2.45, 2.75) is 13.8 Å². The fraction of sp³-hybridized carbons (Fsp3) is 0.150. The Morgan fingerprint density at radius 2 is 1.48 bits per heavy atom. The molecule has 0 saturated heterocycles. The van der Waals surface area contributed by atoms with Crippen molar-refractivity contribution in [3.63, 3.8) is 0 Å². The highest BCUT2D eigenvalue weighted by molar-refractivity contribution is 5.88. The summed E-state index contributed by atoms with van der Waals surface area (Å²) in [7, 11) is 0. The lowest BCUT2D eigenvalue weighted by Crippen LogP contribution is -2.08. The number of hydrogen-bond donors (Lipinski definition) is 0. The van der Waals surface area contributed by atoms with E-state index >= 15 is 0 Å². The fourth-order valence-corrected chi connectivity index (χ4v) is 1.98. The minimum absolute atomic E-state index is 0.0241. The van der Waals surface area contributed by atoms with Gasteiger partial charge < -0.3 is 9.47 Å². The van der Waals surface area contributed by atoms with Gasteiger partial charge in [0.2, 0.25) is 0 Å². The molecule has 2 aromatic carbocycles. The third-order valence-corrected chi connectivity index (χ3v) is 3.22. The lowest BCUT2D eigenvalue weighted by molar-refractivity contribution is -0.130. The van der Waals surface area contributed by atoms with Gasteiger partial charge in [-0.15, -0.1) is 0 Å². The molecule has 2 rings (SSSR count). The van der Waals surface area contributed by atoms with Crippen LogP contribution in [-0.2, 0) is 4.79 Å². The summed E-state index contributed by atoms with van der Waals surface area (Å²) < 4.78 is 38.9. The third kappa shape index (κ3) is 4.76. The first-order chi connectivity index (χ1) is 11.8. The first-order valence-corrected chi connectivity index (χ1v) is 7.52. The number of carbonyl (C=O) groups excluding carboxylic acids is 1. The standard InChI is InChI=1S/C20H18F2O3/c1-12(2)11-24-14-5-7-16(18(21)9-14)17-8-6-15(10-19(17)22)25-20(23)13(3)4/h5-10H,1,3,11H2,2,4H3. The molecule has 3 nitrogen and oxygen atoms in total. The number of hydrogen-bond acceptors (Lipinski definition) is 3. The van der Waals surface area contributed by atoms with Crippen LogP contribution in [0, 0.1) is 11.6 Å². The van der Waals surface area contributed by atoms with E-state index in [9.17, 15) is 13.6 Å². The van der Waals surface area contributed by atoms with Crippen molar-refractivity contribution in [1.82, 2.24) is 0 Å². The Balaban J connectivity index is 2.25. The van der Waals surface area contributed by atoms with Crippen LogP contribution < -0.4 is 9.47 Å². The summed E-state index contributed by atoms with van der Waals surface area (Å²) in [6.45, 7) is 10.7. The largest absolute Gasteiger partial charge is 0.489 e. The normalized spacial score (nSPS) is 10.2. The van der Waals surface area contributed by atoms with E-state index < -0.39 is 17.6 Å². The van der Waals surface area contributed by atoms with Crippen LogP contribution in [0.1, 0.15) is 13.8 Å². The van der Waals surface area contributed by atoms with Gasteiger partial charge in [0.25, 0.3) is 0 Å². The first kappa shape index (κ1) is 18.4. The minimum atomic E-state index is -0.707. The zero-order chi connectivity index (χ0) is 18.6. The topological polar surface area (TPSA) is 35.5 Å². The van der Waals surface area contributed by atoms with Crippen molar-refractivity contribution in [2.75, 3.05) is 6.61 Å². The zero-order valence-electron chi connectivity index (χ0n) is 14.1. The van der Waals surface area contributed by atoms with E-state index in [0.29, 0.717) is 5.75 Å². The average Bonchev–Trinajstić information content (AvgIpc) is 2.53. The molecule has 0 fully saturated rings. The Labute approximate surface area is 145 Å². The molecule has 0 radical (unpaired) electrons. The number of halogens is 2. The van der Waals surface area contributed by atoms with Gasteiger partial charge >= 0.3 is 5.97 Å². The number of rotatable bonds is 6. The first-order valence-electron chi connectivity index (χ1n) is 7.52. The maximum Gasteiger partial charge on any atom is 0.338 e. The number of ether oxygens (including phenoxy) is 2. The van der Waals surface area contributed by atoms with E-state index in [1.165, 1.54) is 31.2 Å². The molecular weight excluding hydrogens is 326 g/mol. The van der Waals surface area contributed by atoms with Gasteiger partial charge in [0.05, 0.1) is 0 Å². The highest BCUT2D eigenvalue weighted by Crippen LogP contribution is 2.30. The van der Waals surface area contributed by atoms with Crippen LogP contribution in [0.25, 0.3) is 11.1 Å². The van der Waals surface area contributed by atoms with Crippen LogP contribution >= 0.6 is 0 Å². The molecule has 0 aliphatic heterocycles. The summed E-state index contributed by atoms with van der Waals surface area (Å²) in [6, 6.07) is 7.94. The molecule has 0 bridgehead atoms. The van der Waals surface area contributed by atoms with Crippen LogP contribution in [0.3, 0.4) is 0 Å². The predicted octanol–water partition coefficient (Wildman–Crippen LogP) is 5.07. The van der Waals surface area contributed by atoms with Gasteiger partial charge in [0.15, 0.2) is 0 Å². The lowest BCUT2D eigenvalue weighted by atomic mass is 10.0. The second-order valence-electron chi connectivity index (χ2n) is 5.70. The molecule has 0 amide bonds. The predicted molar refractivity (Wildman–Crippen MR) is 92.6 cm³/mol. The Kier molecular flexibility index (Phi) is 5.70. The van der Waals surface area contributed by atoms with Crippen molar-refractivity contribution < 1.29 is 23.0 Å². The van der Waals surface area contributed by atoms with Crippen molar-refractivity contribution in [1.29, 1.82) is 0 Å². The summed E-state index contributed by atoms with van der Waals surface area (Å²) in [5.74, 6) is -1.63. The molecule has 0 aromatic heterocycles. The summed E-state index contributed by atoms with van der Waals surface area (Å²) in [5, 5.41) is 0.